The fraction of sp³-hybridized carbons (Fsp3) is 0.500. The van der Waals surface area contributed by atoms with Crippen LogP contribution in [0.2, 0.25) is 0 Å². The van der Waals surface area contributed by atoms with Crippen LogP contribution in [0, 0.1) is 0 Å². The van der Waals surface area contributed by atoms with Gasteiger partial charge in [-0.3, -0.25) is 9.78 Å². The number of hydrogen-bond donors (Lipinski definition) is 3. The molecule has 0 radical (unpaired) electrons. The van der Waals surface area contributed by atoms with E-state index in [1.54, 1.807) is 0 Å². The minimum Gasteiger partial charge on any atom is -0.506 e. The Morgan fingerprint density at radius 2 is 2.12 bits per heavy atom. The van der Waals surface area contributed by atoms with Gasteiger partial charge >= 0.3 is 0 Å². The Hall–Kier alpha value is -1.62. The van der Waals surface area contributed by atoms with Gasteiger partial charge in [-0.1, -0.05) is 12.8 Å². The molecule has 2 atom stereocenters. The van der Waals surface area contributed by atoms with E-state index < -0.39 is 6.10 Å². The summed E-state index contributed by atoms with van der Waals surface area (Å²) in [5.74, 6) is -0.346. The standard InChI is InChI=1S/C12H16N2O3/c15-9-5-8(6-13-7-9)12(17)14-10-3-1-2-4-11(10)16/h5-7,10-11,15-16H,1-4H2,(H,14,17)/t10-,11-/m0/s1. The van der Waals surface area contributed by atoms with Gasteiger partial charge in [0.15, 0.2) is 0 Å². The lowest BCUT2D eigenvalue weighted by atomic mass is 9.92. The van der Waals surface area contributed by atoms with Crippen LogP contribution in [0.1, 0.15) is 36.0 Å². The summed E-state index contributed by atoms with van der Waals surface area (Å²) in [6.07, 6.45) is 5.72. The van der Waals surface area contributed by atoms with Gasteiger partial charge in [-0.15, -0.1) is 0 Å². The molecule has 0 spiro atoms. The lowest BCUT2D eigenvalue weighted by molar-refractivity contribution is 0.0717. The van der Waals surface area contributed by atoms with Crippen molar-refractivity contribution < 1.29 is 15.0 Å². The van der Waals surface area contributed by atoms with Gasteiger partial charge in [0.1, 0.15) is 5.75 Å². The minimum absolute atomic E-state index is 0.0400. The molecule has 0 aromatic carbocycles. The second-order valence-corrected chi connectivity index (χ2v) is 4.36. The molecular formula is C12H16N2O3. The number of hydrogen-bond acceptors (Lipinski definition) is 4. The minimum atomic E-state index is -0.474. The third kappa shape index (κ3) is 2.94. The van der Waals surface area contributed by atoms with E-state index in [1.807, 2.05) is 0 Å². The summed E-state index contributed by atoms with van der Waals surface area (Å²) in [5, 5.41) is 21.7. The van der Waals surface area contributed by atoms with Gasteiger partial charge < -0.3 is 15.5 Å². The van der Waals surface area contributed by atoms with Crippen molar-refractivity contribution >= 4 is 5.91 Å². The number of nitrogens with zero attached hydrogens (tertiary/aromatic N) is 1. The van der Waals surface area contributed by atoms with Crippen LogP contribution < -0.4 is 5.32 Å². The highest BCUT2D eigenvalue weighted by atomic mass is 16.3. The predicted molar refractivity (Wildman–Crippen MR) is 61.6 cm³/mol. The molecular weight excluding hydrogens is 220 g/mol. The summed E-state index contributed by atoms with van der Waals surface area (Å²) in [5.41, 5.74) is 0.308. The fourth-order valence-corrected chi connectivity index (χ4v) is 2.08. The molecule has 5 heteroatoms. The smallest absolute Gasteiger partial charge is 0.253 e. The Morgan fingerprint density at radius 3 is 2.82 bits per heavy atom. The number of rotatable bonds is 2. The monoisotopic (exact) mass is 236 g/mol. The van der Waals surface area contributed by atoms with Crippen LogP contribution in [-0.2, 0) is 0 Å². The summed E-state index contributed by atoms with van der Waals surface area (Å²) in [6, 6.07) is 1.16. The van der Waals surface area contributed by atoms with Gasteiger partial charge in [0, 0.05) is 6.20 Å². The van der Waals surface area contributed by atoms with E-state index in [2.05, 4.69) is 10.3 Å². The highest BCUT2D eigenvalue weighted by Gasteiger charge is 2.24. The SMILES string of the molecule is O=C(N[C@H]1CCCC[C@@H]1O)c1cncc(O)c1. The van der Waals surface area contributed by atoms with Crippen LogP contribution in [0.15, 0.2) is 18.5 Å². The van der Waals surface area contributed by atoms with Crippen molar-refractivity contribution in [1.29, 1.82) is 0 Å². The number of aliphatic hydroxyl groups excluding tert-OH is 1. The molecule has 2 rings (SSSR count). The molecule has 0 saturated heterocycles. The second kappa shape index (κ2) is 5.14. The average molecular weight is 236 g/mol. The lowest BCUT2D eigenvalue weighted by Crippen LogP contribution is -2.45. The quantitative estimate of drug-likeness (QED) is 0.710. The zero-order chi connectivity index (χ0) is 12.3. The van der Waals surface area contributed by atoms with E-state index in [9.17, 15) is 15.0 Å². The van der Waals surface area contributed by atoms with Crippen molar-refractivity contribution in [3.63, 3.8) is 0 Å². The van der Waals surface area contributed by atoms with E-state index >= 15 is 0 Å². The molecule has 1 aliphatic rings. The van der Waals surface area contributed by atoms with Crippen LogP contribution in [0.25, 0.3) is 0 Å². The molecule has 0 unspecified atom stereocenters. The van der Waals surface area contributed by atoms with Gasteiger partial charge in [-0.2, -0.15) is 0 Å². The Balaban J connectivity index is 2.01. The van der Waals surface area contributed by atoms with Crippen molar-refractivity contribution in [2.45, 2.75) is 37.8 Å². The number of nitrogens with one attached hydrogen (secondary N) is 1. The summed E-state index contributed by atoms with van der Waals surface area (Å²) < 4.78 is 0. The largest absolute Gasteiger partial charge is 0.506 e. The summed E-state index contributed by atoms with van der Waals surface area (Å²) in [7, 11) is 0. The zero-order valence-electron chi connectivity index (χ0n) is 9.47. The molecule has 0 aliphatic heterocycles. The molecule has 1 saturated carbocycles. The summed E-state index contributed by atoms with van der Waals surface area (Å²) >= 11 is 0. The first-order chi connectivity index (χ1) is 8.16. The molecule has 1 fully saturated rings. The summed E-state index contributed by atoms with van der Waals surface area (Å²) in [4.78, 5) is 15.6. The predicted octanol–water partition coefficient (Wildman–Crippen LogP) is 0.820. The van der Waals surface area contributed by atoms with Crippen LogP contribution >= 0.6 is 0 Å². The molecule has 1 aliphatic carbocycles. The van der Waals surface area contributed by atoms with Crippen molar-refractivity contribution in [1.82, 2.24) is 10.3 Å². The first-order valence-corrected chi connectivity index (χ1v) is 5.80. The number of aliphatic hydroxyl groups is 1. The Kier molecular flexibility index (Phi) is 3.58. The van der Waals surface area contributed by atoms with E-state index in [-0.39, 0.29) is 17.7 Å². The van der Waals surface area contributed by atoms with E-state index in [0.717, 1.165) is 25.7 Å². The Bertz CT molecular complexity index is 408. The number of pyridine rings is 1. The molecule has 1 amide bonds. The second-order valence-electron chi connectivity index (χ2n) is 4.36. The van der Waals surface area contributed by atoms with Gasteiger partial charge in [0.2, 0.25) is 0 Å². The van der Waals surface area contributed by atoms with Crippen molar-refractivity contribution in [2.24, 2.45) is 0 Å². The third-order valence-corrected chi connectivity index (χ3v) is 3.03. The number of aromatic nitrogens is 1. The van der Waals surface area contributed by atoms with Crippen LogP contribution in [-0.4, -0.2) is 33.3 Å². The van der Waals surface area contributed by atoms with Crippen LogP contribution in [0.4, 0.5) is 0 Å². The van der Waals surface area contributed by atoms with Crippen molar-refractivity contribution in [3.05, 3.63) is 24.0 Å². The normalized spacial score (nSPS) is 24.3. The number of amides is 1. The summed E-state index contributed by atoms with van der Waals surface area (Å²) in [6.45, 7) is 0. The molecule has 1 aromatic rings. The van der Waals surface area contributed by atoms with Gasteiger partial charge in [0.25, 0.3) is 5.91 Å². The highest BCUT2D eigenvalue weighted by Crippen LogP contribution is 2.19. The molecule has 3 N–H and O–H groups in total. The van der Waals surface area contributed by atoms with E-state index in [1.165, 1.54) is 18.5 Å². The number of carbonyl (C=O) groups is 1. The maximum atomic E-state index is 11.8. The number of aromatic hydroxyl groups is 1. The average Bonchev–Trinajstić information content (AvgIpc) is 2.32. The first kappa shape index (κ1) is 11.9. The third-order valence-electron chi connectivity index (χ3n) is 3.03. The first-order valence-electron chi connectivity index (χ1n) is 5.80. The number of carbonyl (C=O) groups excluding carboxylic acids is 1. The van der Waals surface area contributed by atoms with Gasteiger partial charge in [-0.25, -0.2) is 0 Å². The maximum absolute atomic E-state index is 11.8. The molecule has 5 nitrogen and oxygen atoms in total. The molecule has 92 valence electrons. The van der Waals surface area contributed by atoms with E-state index in [0.29, 0.717) is 5.56 Å². The lowest BCUT2D eigenvalue weighted by Gasteiger charge is -2.28. The fourth-order valence-electron chi connectivity index (χ4n) is 2.08. The highest BCUT2D eigenvalue weighted by molar-refractivity contribution is 5.94. The Morgan fingerprint density at radius 1 is 1.35 bits per heavy atom. The topological polar surface area (TPSA) is 82.5 Å². The molecule has 0 bridgehead atoms. The van der Waals surface area contributed by atoms with Crippen LogP contribution in [0.5, 0.6) is 5.75 Å². The zero-order valence-corrected chi connectivity index (χ0v) is 9.47. The molecule has 1 heterocycles. The van der Waals surface area contributed by atoms with Gasteiger partial charge in [-0.05, 0) is 18.9 Å². The van der Waals surface area contributed by atoms with Crippen molar-refractivity contribution in [2.75, 3.05) is 0 Å². The maximum Gasteiger partial charge on any atom is 0.253 e. The van der Waals surface area contributed by atoms with Gasteiger partial charge in [0.05, 0.1) is 23.9 Å². The van der Waals surface area contributed by atoms with Crippen molar-refractivity contribution in [3.8, 4) is 5.75 Å². The molecule has 1 aromatic heterocycles. The van der Waals surface area contributed by atoms with E-state index in [4.69, 9.17) is 0 Å². The Labute approximate surface area is 99.5 Å². The molecule has 17 heavy (non-hydrogen) atoms. The van der Waals surface area contributed by atoms with Crippen LogP contribution in [0.3, 0.4) is 0 Å².